The zero-order chi connectivity index (χ0) is 14.0. The molecule has 2 aromatic rings. The van der Waals surface area contributed by atoms with Crippen molar-refractivity contribution in [3.05, 3.63) is 57.3 Å². The van der Waals surface area contributed by atoms with Crippen LogP contribution in [-0.2, 0) is 4.79 Å². The Kier molecular flexibility index (Phi) is 2.29. The SMILES string of the molecule is O=C1C(=Cc2cc(Cl)ccc2F)c2c3cc(Cl)cc2N13. The molecule has 0 spiro atoms. The summed E-state index contributed by atoms with van der Waals surface area (Å²) in [5.74, 6) is -0.562. The summed E-state index contributed by atoms with van der Waals surface area (Å²) in [6.07, 6.45) is 1.53. The molecule has 0 unspecified atom stereocenters. The highest BCUT2D eigenvalue weighted by Crippen LogP contribution is 2.57. The summed E-state index contributed by atoms with van der Waals surface area (Å²) in [5, 5.41) is 1.02. The summed E-state index contributed by atoms with van der Waals surface area (Å²) in [6, 6.07) is 7.72. The maximum atomic E-state index is 13.8. The van der Waals surface area contributed by atoms with Crippen molar-refractivity contribution in [3.63, 3.8) is 0 Å². The van der Waals surface area contributed by atoms with Gasteiger partial charge in [0.05, 0.1) is 16.9 Å². The molecule has 0 aromatic heterocycles. The molecule has 0 atom stereocenters. The van der Waals surface area contributed by atoms with Crippen LogP contribution in [0.5, 0.6) is 0 Å². The zero-order valence-corrected chi connectivity index (χ0v) is 11.5. The fourth-order valence-corrected chi connectivity index (χ4v) is 3.03. The number of carbonyl (C=O) groups excluding carboxylic acids is 1. The van der Waals surface area contributed by atoms with Crippen LogP contribution in [0.15, 0.2) is 30.3 Å². The average Bonchev–Trinajstić information content (AvgIpc) is 2.83. The lowest BCUT2D eigenvalue weighted by Crippen LogP contribution is -2.22. The fraction of sp³-hybridized carbons (Fsp3) is 0. The number of hydrogen-bond acceptors (Lipinski definition) is 1. The Morgan fingerprint density at radius 3 is 2.45 bits per heavy atom. The van der Waals surface area contributed by atoms with E-state index in [1.165, 1.54) is 24.3 Å². The van der Waals surface area contributed by atoms with Gasteiger partial charge in [-0.15, -0.1) is 0 Å². The van der Waals surface area contributed by atoms with Gasteiger partial charge >= 0.3 is 0 Å². The Labute approximate surface area is 124 Å². The Morgan fingerprint density at radius 1 is 1.05 bits per heavy atom. The van der Waals surface area contributed by atoms with Gasteiger partial charge in [0.25, 0.3) is 5.91 Å². The molecule has 0 saturated heterocycles. The quantitative estimate of drug-likeness (QED) is 0.701. The molecule has 0 saturated carbocycles. The Hall–Kier alpha value is -1.84. The molecule has 3 aliphatic rings. The molecule has 2 nitrogen and oxygen atoms in total. The summed E-state index contributed by atoms with van der Waals surface area (Å²) in [7, 11) is 0. The highest BCUT2D eigenvalue weighted by Gasteiger charge is 2.46. The van der Waals surface area contributed by atoms with Gasteiger partial charge in [0.15, 0.2) is 0 Å². The average molecular weight is 306 g/mol. The van der Waals surface area contributed by atoms with Crippen LogP contribution in [0.25, 0.3) is 11.6 Å². The molecular weight excluding hydrogens is 300 g/mol. The summed E-state index contributed by atoms with van der Waals surface area (Å²) in [5.41, 5.74) is 3.18. The van der Waals surface area contributed by atoms with Crippen molar-refractivity contribution in [2.45, 2.75) is 0 Å². The highest BCUT2D eigenvalue weighted by molar-refractivity contribution is 6.46. The van der Waals surface area contributed by atoms with Gasteiger partial charge in [-0.25, -0.2) is 4.39 Å². The van der Waals surface area contributed by atoms with Gasteiger partial charge < -0.3 is 0 Å². The zero-order valence-electron chi connectivity index (χ0n) is 9.95. The van der Waals surface area contributed by atoms with E-state index in [9.17, 15) is 9.18 Å². The maximum absolute atomic E-state index is 13.8. The molecule has 0 radical (unpaired) electrons. The third-order valence-corrected chi connectivity index (χ3v) is 3.96. The fourth-order valence-electron chi connectivity index (χ4n) is 2.64. The molecular formula is C15H6Cl2FNO. The topological polar surface area (TPSA) is 20.3 Å². The van der Waals surface area contributed by atoms with Crippen molar-refractivity contribution in [1.82, 2.24) is 0 Å². The van der Waals surface area contributed by atoms with E-state index < -0.39 is 5.82 Å². The van der Waals surface area contributed by atoms with E-state index in [2.05, 4.69) is 0 Å². The van der Waals surface area contributed by atoms with Gasteiger partial charge in [0.1, 0.15) is 5.82 Å². The molecule has 1 amide bonds. The van der Waals surface area contributed by atoms with Crippen LogP contribution in [0.2, 0.25) is 10.0 Å². The molecule has 4 bridgehead atoms. The Morgan fingerprint density at radius 2 is 1.75 bits per heavy atom. The predicted molar refractivity (Wildman–Crippen MR) is 77.9 cm³/mol. The highest BCUT2D eigenvalue weighted by atomic mass is 35.5. The van der Waals surface area contributed by atoms with Gasteiger partial charge in [-0.1, -0.05) is 23.2 Å². The summed E-state index contributed by atoms with van der Waals surface area (Å²) < 4.78 is 13.8. The minimum atomic E-state index is -0.410. The van der Waals surface area contributed by atoms with Crippen LogP contribution in [0.3, 0.4) is 0 Å². The summed E-state index contributed by atoms with van der Waals surface area (Å²) in [4.78, 5) is 13.8. The number of fused-ring (bicyclic) bond motifs is 1. The molecule has 5 heteroatoms. The second-order valence-corrected chi connectivity index (χ2v) is 5.56. The van der Waals surface area contributed by atoms with E-state index >= 15 is 0 Å². The second-order valence-electron chi connectivity index (χ2n) is 4.68. The van der Waals surface area contributed by atoms with Crippen molar-refractivity contribution >= 4 is 52.1 Å². The number of hydrogen-bond donors (Lipinski definition) is 0. The van der Waals surface area contributed by atoms with Crippen LogP contribution >= 0.6 is 23.2 Å². The lowest BCUT2D eigenvalue weighted by Gasteiger charge is -2.26. The lowest BCUT2D eigenvalue weighted by molar-refractivity contribution is -0.112. The first-order valence-electron chi connectivity index (χ1n) is 5.91. The standard InChI is InChI=1S/C15H6Cl2FNO/c16-8-1-2-11(18)7(3-8)4-10-14-12-5-9(17)6-13(14)19(12)15(10)20/h1-6H. The number of anilines is 2. The lowest BCUT2D eigenvalue weighted by atomic mass is 10.00. The van der Waals surface area contributed by atoms with Crippen molar-refractivity contribution in [2.75, 3.05) is 4.90 Å². The first-order chi connectivity index (χ1) is 9.56. The van der Waals surface area contributed by atoms with E-state index in [4.69, 9.17) is 23.2 Å². The summed E-state index contributed by atoms with van der Waals surface area (Å²) in [6.45, 7) is 0. The van der Waals surface area contributed by atoms with Gasteiger partial charge in [-0.05, 0) is 36.4 Å². The second kappa shape index (κ2) is 3.84. The molecule has 3 heterocycles. The number of amides is 1. The van der Waals surface area contributed by atoms with E-state index in [-0.39, 0.29) is 5.91 Å². The molecule has 0 aliphatic carbocycles. The van der Waals surface area contributed by atoms with E-state index in [1.54, 1.807) is 17.0 Å². The molecule has 3 aliphatic heterocycles. The number of rotatable bonds is 1. The van der Waals surface area contributed by atoms with Gasteiger partial charge in [-0.2, -0.15) is 0 Å². The van der Waals surface area contributed by atoms with Crippen LogP contribution < -0.4 is 4.90 Å². The van der Waals surface area contributed by atoms with Crippen molar-refractivity contribution < 1.29 is 9.18 Å². The minimum Gasteiger partial charge on any atom is -0.275 e. The first-order valence-corrected chi connectivity index (χ1v) is 6.67. The molecule has 2 aromatic carbocycles. The monoisotopic (exact) mass is 305 g/mol. The van der Waals surface area contributed by atoms with Crippen LogP contribution in [0, 0.1) is 5.82 Å². The van der Waals surface area contributed by atoms with Gasteiger partial charge in [0, 0.05) is 21.2 Å². The molecule has 98 valence electrons. The molecule has 5 rings (SSSR count). The van der Waals surface area contributed by atoms with Crippen molar-refractivity contribution in [3.8, 4) is 0 Å². The van der Waals surface area contributed by atoms with Crippen molar-refractivity contribution in [1.29, 1.82) is 0 Å². The summed E-state index contributed by atoms with van der Waals surface area (Å²) >= 11 is 11.8. The van der Waals surface area contributed by atoms with Crippen LogP contribution in [-0.4, -0.2) is 5.91 Å². The minimum absolute atomic E-state index is 0.152. The van der Waals surface area contributed by atoms with Crippen molar-refractivity contribution in [2.24, 2.45) is 0 Å². The number of nitrogens with zero attached hydrogens (tertiary/aromatic N) is 1. The molecule has 0 N–H and O–H groups in total. The largest absolute Gasteiger partial charge is 0.275 e. The molecule has 0 fully saturated rings. The normalized spacial score (nSPS) is 16.9. The third-order valence-electron chi connectivity index (χ3n) is 3.50. The number of benzene rings is 2. The smallest absolute Gasteiger partial charge is 0.263 e. The number of carbonyl (C=O) groups is 1. The first kappa shape index (κ1) is 11.9. The van der Waals surface area contributed by atoms with Gasteiger partial charge in [0.2, 0.25) is 0 Å². The van der Waals surface area contributed by atoms with E-state index in [0.29, 0.717) is 21.2 Å². The van der Waals surface area contributed by atoms with E-state index in [1.807, 2.05) is 0 Å². The Balaban J connectivity index is 1.88. The predicted octanol–water partition coefficient (Wildman–Crippen LogP) is 4.66. The van der Waals surface area contributed by atoms with E-state index in [0.717, 1.165) is 16.9 Å². The van der Waals surface area contributed by atoms with Gasteiger partial charge in [-0.3, -0.25) is 9.69 Å². The van der Waals surface area contributed by atoms with Crippen LogP contribution in [0.4, 0.5) is 15.8 Å². The number of halogens is 3. The molecule has 20 heavy (non-hydrogen) atoms. The van der Waals surface area contributed by atoms with Crippen LogP contribution in [0.1, 0.15) is 11.1 Å². The maximum Gasteiger partial charge on any atom is 0.263 e. The third kappa shape index (κ3) is 1.42. The Bertz CT molecular complexity index is 804.